The highest BCUT2D eigenvalue weighted by molar-refractivity contribution is 7.92. The minimum Gasteiger partial charge on any atom is -0.335 e. The molecule has 1 N–H and O–H groups in total. The quantitative estimate of drug-likeness (QED) is 0.428. The summed E-state index contributed by atoms with van der Waals surface area (Å²) in [7, 11) is -2.21. The van der Waals surface area contributed by atoms with Crippen LogP contribution in [0.5, 0.6) is 0 Å². The summed E-state index contributed by atoms with van der Waals surface area (Å²) in [6.45, 7) is 0.316. The van der Waals surface area contributed by atoms with Gasteiger partial charge in [-0.3, -0.25) is 9.52 Å². The molecular weight excluding hydrogens is 454 g/mol. The summed E-state index contributed by atoms with van der Waals surface area (Å²) in [6, 6.07) is 20.1. The Morgan fingerprint density at radius 2 is 1.71 bits per heavy atom. The fraction of sp³-hybridized carbons (Fsp3) is 0.0909. The molecule has 0 aliphatic carbocycles. The second-order valence-corrected chi connectivity index (χ2v) is 10.1. The molecule has 0 spiro atoms. The van der Waals surface area contributed by atoms with Crippen molar-refractivity contribution in [2.24, 2.45) is 0 Å². The maximum absolute atomic E-state index is 13.1. The lowest BCUT2D eigenvalue weighted by Gasteiger charge is -2.18. The van der Waals surface area contributed by atoms with Gasteiger partial charge in [0.25, 0.3) is 15.9 Å². The second-order valence-electron chi connectivity index (χ2n) is 6.84. The molecule has 158 valence electrons. The lowest BCUT2D eigenvalue weighted by Crippen LogP contribution is -2.27. The number of carbonyl (C=O) groups excluding carboxylic acids is 1. The number of para-hydroxylation sites is 2. The van der Waals surface area contributed by atoms with E-state index in [-0.39, 0.29) is 22.1 Å². The Kier molecular flexibility index (Phi) is 5.95. The normalized spacial score (nSPS) is 11.4. The van der Waals surface area contributed by atoms with Gasteiger partial charge >= 0.3 is 0 Å². The molecule has 0 radical (unpaired) electrons. The Morgan fingerprint density at radius 1 is 1.03 bits per heavy atom. The molecule has 0 saturated carbocycles. The van der Waals surface area contributed by atoms with Crippen molar-refractivity contribution in [3.8, 4) is 0 Å². The van der Waals surface area contributed by atoms with Gasteiger partial charge in [-0.05, 0) is 48.5 Å². The van der Waals surface area contributed by atoms with Gasteiger partial charge in [0.15, 0.2) is 0 Å². The van der Waals surface area contributed by atoms with Crippen LogP contribution >= 0.6 is 22.9 Å². The maximum atomic E-state index is 13.1. The van der Waals surface area contributed by atoms with Gasteiger partial charge in [-0.15, -0.1) is 11.3 Å². The third-order valence-electron chi connectivity index (χ3n) is 4.58. The lowest BCUT2D eigenvalue weighted by atomic mass is 10.1. The number of sulfonamides is 1. The van der Waals surface area contributed by atoms with Gasteiger partial charge in [0.2, 0.25) is 0 Å². The van der Waals surface area contributed by atoms with Crippen molar-refractivity contribution >= 4 is 54.8 Å². The molecule has 9 heteroatoms. The molecule has 0 aliphatic rings. The Morgan fingerprint density at radius 3 is 2.45 bits per heavy atom. The van der Waals surface area contributed by atoms with Crippen molar-refractivity contribution in [3.63, 3.8) is 0 Å². The summed E-state index contributed by atoms with van der Waals surface area (Å²) < 4.78 is 29.1. The van der Waals surface area contributed by atoms with E-state index in [9.17, 15) is 13.2 Å². The van der Waals surface area contributed by atoms with Crippen LogP contribution in [0.1, 0.15) is 15.4 Å². The zero-order valence-corrected chi connectivity index (χ0v) is 18.8. The van der Waals surface area contributed by atoms with Crippen molar-refractivity contribution in [1.29, 1.82) is 0 Å². The number of amides is 1. The van der Waals surface area contributed by atoms with Crippen LogP contribution in [0.2, 0.25) is 5.02 Å². The zero-order chi connectivity index (χ0) is 22.0. The smallest absolute Gasteiger partial charge is 0.261 e. The fourth-order valence-corrected chi connectivity index (χ4v) is 5.27. The van der Waals surface area contributed by atoms with Gasteiger partial charge in [-0.25, -0.2) is 13.4 Å². The highest BCUT2D eigenvalue weighted by atomic mass is 35.5. The third-order valence-corrected chi connectivity index (χ3v) is 7.24. The summed E-state index contributed by atoms with van der Waals surface area (Å²) in [4.78, 5) is 19.2. The van der Waals surface area contributed by atoms with Crippen LogP contribution in [0.3, 0.4) is 0 Å². The molecular formula is C22H18ClN3O3S2. The molecule has 0 atom stereocenters. The highest BCUT2D eigenvalue weighted by Crippen LogP contribution is 2.25. The number of aromatic nitrogens is 1. The van der Waals surface area contributed by atoms with Crippen molar-refractivity contribution in [1.82, 2.24) is 9.88 Å². The van der Waals surface area contributed by atoms with Crippen LogP contribution < -0.4 is 4.72 Å². The number of fused-ring (bicyclic) bond motifs is 1. The van der Waals surface area contributed by atoms with Crippen molar-refractivity contribution in [3.05, 3.63) is 88.4 Å². The van der Waals surface area contributed by atoms with E-state index in [1.807, 2.05) is 24.3 Å². The van der Waals surface area contributed by atoms with E-state index >= 15 is 0 Å². The van der Waals surface area contributed by atoms with E-state index in [4.69, 9.17) is 11.6 Å². The molecule has 0 fully saturated rings. The van der Waals surface area contributed by atoms with Crippen LogP contribution in [-0.2, 0) is 16.6 Å². The number of anilines is 1. The van der Waals surface area contributed by atoms with Gasteiger partial charge in [0.05, 0.1) is 32.9 Å². The molecule has 1 amide bonds. The number of hydrogen-bond donors (Lipinski definition) is 1. The average molecular weight is 472 g/mol. The predicted octanol–water partition coefficient (Wildman–Crippen LogP) is 5.02. The first-order chi connectivity index (χ1) is 14.8. The van der Waals surface area contributed by atoms with Crippen molar-refractivity contribution in [2.45, 2.75) is 11.4 Å². The van der Waals surface area contributed by atoms with Crippen molar-refractivity contribution < 1.29 is 13.2 Å². The Bertz CT molecular complexity index is 1320. The van der Waals surface area contributed by atoms with E-state index in [0.717, 1.165) is 15.2 Å². The molecule has 1 aromatic heterocycles. The topological polar surface area (TPSA) is 79.4 Å². The van der Waals surface area contributed by atoms with Crippen LogP contribution in [0.4, 0.5) is 5.69 Å². The molecule has 0 aliphatic heterocycles. The number of rotatable bonds is 6. The predicted molar refractivity (Wildman–Crippen MR) is 124 cm³/mol. The van der Waals surface area contributed by atoms with Crippen LogP contribution in [-0.4, -0.2) is 31.3 Å². The second kappa shape index (κ2) is 8.66. The number of nitrogens with one attached hydrogen (secondary N) is 1. The monoisotopic (exact) mass is 471 g/mol. The molecule has 0 unspecified atom stereocenters. The number of thiazole rings is 1. The Balaban J connectivity index is 1.56. The first kappa shape index (κ1) is 21.3. The van der Waals surface area contributed by atoms with E-state index < -0.39 is 10.0 Å². The summed E-state index contributed by atoms with van der Waals surface area (Å²) in [6.07, 6.45) is 0. The molecule has 6 nitrogen and oxygen atoms in total. The Hall–Kier alpha value is -2.94. The lowest BCUT2D eigenvalue weighted by molar-refractivity contribution is 0.0786. The van der Waals surface area contributed by atoms with Crippen LogP contribution in [0.25, 0.3) is 10.2 Å². The molecule has 3 aromatic carbocycles. The molecule has 4 aromatic rings. The summed E-state index contributed by atoms with van der Waals surface area (Å²) in [5.74, 6) is -0.311. The zero-order valence-electron chi connectivity index (χ0n) is 16.4. The van der Waals surface area contributed by atoms with Gasteiger partial charge in [-0.2, -0.15) is 0 Å². The van der Waals surface area contributed by atoms with Gasteiger partial charge in [0, 0.05) is 12.1 Å². The van der Waals surface area contributed by atoms with Gasteiger partial charge in [0.1, 0.15) is 5.01 Å². The SMILES string of the molecule is CN(Cc1nc2ccccc2s1)C(=O)c1ccccc1NS(=O)(=O)c1ccc(Cl)cc1. The number of hydrogen-bond acceptors (Lipinski definition) is 5. The largest absolute Gasteiger partial charge is 0.335 e. The standard InChI is InChI=1S/C22H18ClN3O3S2/c1-26(14-21-24-19-8-4-5-9-20(19)30-21)22(27)17-6-2-3-7-18(17)25-31(28,29)16-12-10-15(23)11-13-16/h2-13,25H,14H2,1H3. The summed E-state index contributed by atoms with van der Waals surface area (Å²) in [5.41, 5.74) is 1.35. The number of halogens is 1. The van der Waals surface area contributed by atoms with E-state index in [1.54, 1.807) is 31.3 Å². The number of carbonyl (C=O) groups is 1. The molecule has 0 bridgehead atoms. The molecule has 4 rings (SSSR count). The molecule has 31 heavy (non-hydrogen) atoms. The number of benzene rings is 3. The summed E-state index contributed by atoms with van der Waals surface area (Å²) in [5, 5.41) is 1.24. The third kappa shape index (κ3) is 4.71. The number of nitrogens with zero attached hydrogens (tertiary/aromatic N) is 2. The van der Waals surface area contributed by atoms with Crippen LogP contribution in [0, 0.1) is 0 Å². The highest BCUT2D eigenvalue weighted by Gasteiger charge is 2.21. The first-order valence-corrected chi connectivity index (χ1v) is 12.0. The van der Waals surface area contributed by atoms with Gasteiger partial charge in [-0.1, -0.05) is 35.9 Å². The molecule has 0 saturated heterocycles. The minimum atomic E-state index is -3.88. The van der Waals surface area contributed by atoms with Crippen molar-refractivity contribution in [2.75, 3.05) is 11.8 Å². The van der Waals surface area contributed by atoms with E-state index in [2.05, 4.69) is 9.71 Å². The maximum Gasteiger partial charge on any atom is 0.261 e. The Labute approximate surface area is 189 Å². The van der Waals surface area contributed by atoms with Gasteiger partial charge < -0.3 is 4.90 Å². The fourth-order valence-electron chi connectivity index (χ4n) is 3.04. The van der Waals surface area contributed by atoms with E-state index in [1.165, 1.54) is 40.5 Å². The first-order valence-electron chi connectivity index (χ1n) is 9.31. The summed E-state index contributed by atoms with van der Waals surface area (Å²) >= 11 is 7.37. The molecule has 1 heterocycles. The van der Waals surface area contributed by atoms with E-state index in [0.29, 0.717) is 11.6 Å². The van der Waals surface area contributed by atoms with Crippen LogP contribution in [0.15, 0.2) is 77.7 Å². The minimum absolute atomic E-state index is 0.0574. The average Bonchev–Trinajstić information content (AvgIpc) is 3.16.